The number of carbonyl (C=O) groups is 4. The highest BCUT2D eigenvalue weighted by Crippen LogP contribution is 2.61. The number of methoxy groups -OCH3 is 2. The van der Waals surface area contributed by atoms with E-state index in [4.69, 9.17) is 30.5 Å². The third-order valence-corrected chi connectivity index (χ3v) is 11.2. The lowest BCUT2D eigenvalue weighted by Gasteiger charge is -2.42. The number of ether oxygens (including phenoxy) is 4. The molecule has 2 N–H and O–H groups in total. The van der Waals surface area contributed by atoms with Gasteiger partial charge in [0.05, 0.1) is 19.2 Å². The zero-order valence-corrected chi connectivity index (χ0v) is 31.7. The van der Waals surface area contributed by atoms with E-state index in [1.807, 2.05) is 32.9 Å². The maximum absolute atomic E-state index is 14.1. The van der Waals surface area contributed by atoms with Gasteiger partial charge in [0.2, 0.25) is 11.8 Å². The molecule has 276 valence electrons. The minimum Gasteiger partial charge on any atom is -0.495 e. The van der Waals surface area contributed by atoms with Gasteiger partial charge >= 0.3 is 12.1 Å². The predicted octanol–water partition coefficient (Wildman–Crippen LogP) is 4.70. The second-order valence-electron chi connectivity index (χ2n) is 14.0. The summed E-state index contributed by atoms with van der Waals surface area (Å²) in [6.45, 7) is 7.37. The molecule has 14 heteroatoms. The van der Waals surface area contributed by atoms with Crippen LogP contribution in [0, 0.1) is 17.3 Å². The standard InChI is InChI=1S/C36H50ClN3O9S/c1-20-10-9-11-28(47-8)36(45)19-27(48-34(44)38-36)21(2)24-18-35(24,4)29(49-33(43)22(3)39(5)30(41)12-13-50)17-31(42)40(6)25-15-23(14-20)16-26(46-7)32(25)37/h9-11,15-16,21-22,24,27-29,45,50H,12-14,17-19H2,1-8H3,(H,38,44)/b11-9+,20-10+/t21-,22-,24-,27-,28+,29-,35-,36-/m0/s1. The fraction of sp³-hybridized carbons (Fsp3) is 0.611. The highest BCUT2D eigenvalue weighted by Gasteiger charge is 2.62. The number of carbonyl (C=O) groups excluding carboxylic acids is 4. The number of thiol groups is 1. The molecule has 3 amide bonds. The first-order valence-corrected chi connectivity index (χ1v) is 17.8. The Kier molecular flexibility index (Phi) is 12.6. The number of amides is 3. The van der Waals surface area contributed by atoms with Crippen LogP contribution in [-0.2, 0) is 35.0 Å². The molecule has 1 saturated carbocycles. The van der Waals surface area contributed by atoms with Crippen LogP contribution < -0.4 is 15.0 Å². The van der Waals surface area contributed by atoms with Crippen LogP contribution in [0.2, 0.25) is 5.02 Å². The summed E-state index contributed by atoms with van der Waals surface area (Å²) in [5.41, 5.74) is -0.265. The van der Waals surface area contributed by atoms with Crippen LogP contribution in [0.1, 0.15) is 58.9 Å². The monoisotopic (exact) mass is 735 g/mol. The van der Waals surface area contributed by atoms with Gasteiger partial charge in [-0.25, -0.2) is 9.59 Å². The van der Waals surface area contributed by atoms with Crippen molar-refractivity contribution in [2.45, 2.75) is 89.9 Å². The van der Waals surface area contributed by atoms with Crippen LogP contribution in [0.15, 0.2) is 35.9 Å². The van der Waals surface area contributed by atoms with Crippen molar-refractivity contribution in [3.63, 3.8) is 0 Å². The number of benzene rings is 1. The fourth-order valence-electron chi connectivity index (χ4n) is 7.05. The van der Waals surface area contributed by atoms with Crippen molar-refractivity contribution < 1.29 is 43.2 Å². The van der Waals surface area contributed by atoms with Gasteiger partial charge in [0.25, 0.3) is 0 Å². The smallest absolute Gasteiger partial charge is 0.409 e. The Hall–Kier alpha value is -3.26. The number of anilines is 1. The number of alkyl carbamates (subject to hydrolysis) is 1. The van der Waals surface area contributed by atoms with E-state index >= 15 is 0 Å². The molecule has 1 aliphatic carbocycles. The Morgan fingerprint density at radius 3 is 2.60 bits per heavy atom. The number of halogens is 1. The van der Waals surface area contributed by atoms with Gasteiger partial charge < -0.3 is 33.9 Å². The lowest BCUT2D eigenvalue weighted by molar-refractivity contribution is -0.163. The maximum Gasteiger partial charge on any atom is 0.409 e. The lowest BCUT2D eigenvalue weighted by atomic mass is 9.83. The third kappa shape index (κ3) is 8.43. The zero-order valence-electron chi connectivity index (χ0n) is 30.0. The van der Waals surface area contributed by atoms with Gasteiger partial charge in [-0.2, -0.15) is 12.6 Å². The van der Waals surface area contributed by atoms with Gasteiger partial charge in [-0.05, 0) is 62.0 Å². The Labute approximate surface area is 304 Å². The Morgan fingerprint density at radius 2 is 1.96 bits per heavy atom. The summed E-state index contributed by atoms with van der Waals surface area (Å²) in [6.07, 6.45) is 3.06. The normalized spacial score (nSPS) is 32.3. The number of hydrogen-bond acceptors (Lipinski definition) is 10. The predicted molar refractivity (Wildman–Crippen MR) is 192 cm³/mol. The number of likely N-dealkylation sites (N-methyl/N-ethyl adjacent to an activating group) is 1. The molecule has 4 bridgehead atoms. The average molecular weight is 736 g/mol. The van der Waals surface area contributed by atoms with Crippen molar-refractivity contribution in [2.75, 3.05) is 39.0 Å². The van der Waals surface area contributed by atoms with Crippen molar-refractivity contribution in [3.05, 3.63) is 46.5 Å². The summed E-state index contributed by atoms with van der Waals surface area (Å²) >= 11 is 10.9. The molecule has 50 heavy (non-hydrogen) atoms. The van der Waals surface area contributed by atoms with E-state index in [2.05, 4.69) is 17.9 Å². The van der Waals surface area contributed by atoms with Crippen LogP contribution in [0.4, 0.5) is 10.5 Å². The van der Waals surface area contributed by atoms with Crippen LogP contribution in [-0.4, -0.2) is 98.0 Å². The highest BCUT2D eigenvalue weighted by molar-refractivity contribution is 7.80. The molecule has 1 aromatic rings. The third-order valence-electron chi connectivity index (χ3n) is 10.6. The van der Waals surface area contributed by atoms with Crippen LogP contribution in [0.3, 0.4) is 0 Å². The van der Waals surface area contributed by atoms with Gasteiger partial charge in [-0.1, -0.05) is 49.2 Å². The Morgan fingerprint density at radius 1 is 1.26 bits per heavy atom. The number of hydrogen-bond donors (Lipinski definition) is 3. The molecule has 3 aliphatic rings. The molecule has 0 spiro atoms. The molecule has 1 aromatic carbocycles. The van der Waals surface area contributed by atoms with Crippen LogP contribution in [0.5, 0.6) is 5.75 Å². The number of fused-ring (bicyclic) bond motifs is 5. The quantitative estimate of drug-likeness (QED) is 0.268. The lowest BCUT2D eigenvalue weighted by Crippen LogP contribution is -2.63. The van der Waals surface area contributed by atoms with E-state index in [-0.39, 0.29) is 47.9 Å². The topological polar surface area (TPSA) is 144 Å². The van der Waals surface area contributed by atoms with Crippen molar-refractivity contribution in [2.24, 2.45) is 17.3 Å². The summed E-state index contributed by atoms with van der Waals surface area (Å²) in [4.78, 5) is 55.9. The molecule has 1 saturated heterocycles. The van der Waals surface area contributed by atoms with E-state index in [0.717, 1.165) is 11.1 Å². The maximum atomic E-state index is 14.1. The van der Waals surface area contributed by atoms with E-state index < -0.39 is 47.6 Å². The second-order valence-corrected chi connectivity index (χ2v) is 14.8. The number of aliphatic hydroxyl groups is 1. The minimum atomic E-state index is -1.77. The van der Waals surface area contributed by atoms with E-state index in [1.165, 1.54) is 31.1 Å². The number of allylic oxidation sites excluding steroid dienone is 3. The van der Waals surface area contributed by atoms with Crippen molar-refractivity contribution in [3.8, 4) is 5.75 Å². The second kappa shape index (κ2) is 16.0. The van der Waals surface area contributed by atoms with Gasteiger partial charge in [0.1, 0.15) is 35.1 Å². The van der Waals surface area contributed by atoms with Gasteiger partial charge in [-0.3, -0.25) is 14.9 Å². The van der Waals surface area contributed by atoms with Gasteiger partial charge in [0.15, 0.2) is 5.72 Å². The molecule has 8 atom stereocenters. The number of rotatable bonds is 7. The molecule has 2 aliphatic heterocycles. The first-order chi connectivity index (χ1) is 23.5. The molecule has 0 radical (unpaired) electrons. The molecule has 0 unspecified atom stereocenters. The average Bonchev–Trinajstić information content (AvgIpc) is 3.76. The molecule has 12 nitrogen and oxygen atoms in total. The summed E-state index contributed by atoms with van der Waals surface area (Å²) in [6, 6.07) is 2.71. The van der Waals surface area contributed by atoms with Crippen LogP contribution >= 0.6 is 24.2 Å². The van der Waals surface area contributed by atoms with Gasteiger partial charge in [0, 0.05) is 39.5 Å². The van der Waals surface area contributed by atoms with Crippen LogP contribution in [0.25, 0.3) is 0 Å². The minimum absolute atomic E-state index is 0.0311. The first-order valence-electron chi connectivity index (χ1n) is 16.8. The molecular weight excluding hydrogens is 686 g/mol. The summed E-state index contributed by atoms with van der Waals surface area (Å²) in [5.74, 6) is -1.00. The van der Waals surface area contributed by atoms with Crippen molar-refractivity contribution in [1.82, 2.24) is 10.2 Å². The molecule has 0 aromatic heterocycles. The van der Waals surface area contributed by atoms with E-state index in [0.29, 0.717) is 30.0 Å². The Balaban J connectivity index is 1.78. The molecular formula is C36H50ClN3O9S. The SMILES string of the molecule is COc1cc2cc(c1Cl)N(C)C(=O)C[C@H](OC(=O)[C@H](C)N(C)C(=O)CCS)[C@@]1(C)C[C@H]1[C@H](C)[C@@H]1C[C@@](O)(NC(=O)O1)[C@H](OC)/C=C/C=C(\C)C2. The molecule has 2 fully saturated rings. The number of nitrogens with one attached hydrogen (secondary N) is 1. The largest absolute Gasteiger partial charge is 0.495 e. The Bertz CT molecular complexity index is 1540. The molecule has 2 heterocycles. The summed E-state index contributed by atoms with van der Waals surface area (Å²) in [5, 5.41) is 14.5. The fourth-order valence-corrected chi connectivity index (χ4v) is 7.55. The van der Waals surface area contributed by atoms with E-state index in [1.54, 1.807) is 32.2 Å². The first kappa shape index (κ1) is 39.5. The zero-order chi connectivity index (χ0) is 37.1. The van der Waals surface area contributed by atoms with Gasteiger partial charge in [-0.15, -0.1) is 0 Å². The summed E-state index contributed by atoms with van der Waals surface area (Å²) < 4.78 is 23.1. The highest BCUT2D eigenvalue weighted by atomic mass is 35.5. The summed E-state index contributed by atoms with van der Waals surface area (Å²) in [7, 11) is 6.10. The molecule has 4 rings (SSSR count). The van der Waals surface area contributed by atoms with Crippen molar-refractivity contribution >= 4 is 53.8 Å². The number of esters is 1. The van der Waals surface area contributed by atoms with E-state index in [9.17, 15) is 24.3 Å². The van der Waals surface area contributed by atoms with Crippen molar-refractivity contribution in [1.29, 1.82) is 0 Å². The number of nitrogens with zero attached hydrogens (tertiary/aromatic N) is 2.